The van der Waals surface area contributed by atoms with Crippen molar-refractivity contribution in [3.05, 3.63) is 71.3 Å². The zero-order chi connectivity index (χ0) is 16.9. The summed E-state index contributed by atoms with van der Waals surface area (Å²) >= 11 is 0. The fourth-order valence-corrected chi connectivity index (χ4v) is 2.98. The van der Waals surface area contributed by atoms with Crippen LogP contribution in [0.15, 0.2) is 54.6 Å². The van der Waals surface area contributed by atoms with E-state index in [0.717, 1.165) is 24.0 Å². The van der Waals surface area contributed by atoms with Crippen LogP contribution < -0.4 is 0 Å². The summed E-state index contributed by atoms with van der Waals surface area (Å²) < 4.78 is 5.42. The second-order valence-electron chi connectivity index (χ2n) is 5.82. The Balaban J connectivity index is 1.66. The Bertz CT molecular complexity index is 712. The zero-order valence-corrected chi connectivity index (χ0v) is 13.2. The van der Waals surface area contributed by atoms with Crippen LogP contribution in [0, 0.1) is 0 Å². The maximum absolute atomic E-state index is 12.4. The number of benzene rings is 2. The van der Waals surface area contributed by atoms with Gasteiger partial charge in [-0.15, -0.1) is 0 Å². The number of aromatic carboxylic acids is 1. The monoisotopic (exact) mass is 325 g/mol. The predicted octanol–water partition coefficient (Wildman–Crippen LogP) is 3.86. The lowest BCUT2D eigenvalue weighted by Gasteiger charge is -2.24. The van der Waals surface area contributed by atoms with Crippen molar-refractivity contribution in [2.45, 2.75) is 25.5 Å². The Kier molecular flexibility index (Phi) is 4.79. The van der Waals surface area contributed by atoms with Crippen molar-refractivity contribution < 1.29 is 19.4 Å². The summed E-state index contributed by atoms with van der Waals surface area (Å²) in [4.78, 5) is 25.0. The van der Waals surface area contributed by atoms with Crippen molar-refractivity contribution in [1.29, 1.82) is 0 Å². The zero-order valence-electron chi connectivity index (χ0n) is 13.2. The van der Waals surface area contributed by atoms with Crippen molar-refractivity contribution in [1.82, 2.24) is 4.90 Å². The van der Waals surface area contributed by atoms with Crippen LogP contribution >= 0.6 is 0 Å². The van der Waals surface area contributed by atoms with Crippen LogP contribution in [-0.2, 0) is 11.3 Å². The van der Waals surface area contributed by atoms with E-state index in [1.54, 1.807) is 29.2 Å². The number of nitrogens with zero attached hydrogens (tertiary/aromatic N) is 1. The van der Waals surface area contributed by atoms with Gasteiger partial charge in [0.05, 0.1) is 11.6 Å². The average Bonchev–Trinajstić information content (AvgIpc) is 3.10. The second kappa shape index (κ2) is 7.17. The SMILES string of the molecule is O=C(O)c1ccc(C2CCCN2C(=O)OCc2ccccc2)cc1. The molecule has 5 nitrogen and oxygen atoms in total. The Labute approximate surface area is 140 Å². The number of hydrogen-bond acceptors (Lipinski definition) is 3. The van der Waals surface area contributed by atoms with Crippen molar-refractivity contribution in [2.75, 3.05) is 6.54 Å². The van der Waals surface area contributed by atoms with Gasteiger partial charge in [-0.25, -0.2) is 9.59 Å². The Morgan fingerprint density at radius 1 is 1.08 bits per heavy atom. The molecular weight excluding hydrogens is 306 g/mol. The molecule has 1 unspecified atom stereocenters. The number of likely N-dealkylation sites (tertiary alicyclic amines) is 1. The summed E-state index contributed by atoms with van der Waals surface area (Å²) in [7, 11) is 0. The van der Waals surface area contributed by atoms with Crippen molar-refractivity contribution in [2.24, 2.45) is 0 Å². The Morgan fingerprint density at radius 2 is 1.79 bits per heavy atom. The van der Waals surface area contributed by atoms with Gasteiger partial charge in [0.1, 0.15) is 6.61 Å². The van der Waals surface area contributed by atoms with E-state index in [1.807, 2.05) is 30.3 Å². The third-order valence-corrected chi connectivity index (χ3v) is 4.23. The van der Waals surface area contributed by atoms with Gasteiger partial charge in [-0.2, -0.15) is 0 Å². The van der Waals surface area contributed by atoms with E-state index in [0.29, 0.717) is 6.54 Å². The van der Waals surface area contributed by atoms with Crippen LogP contribution in [0.3, 0.4) is 0 Å². The van der Waals surface area contributed by atoms with Gasteiger partial charge in [0.2, 0.25) is 0 Å². The molecule has 0 bridgehead atoms. The fraction of sp³-hybridized carbons (Fsp3) is 0.263. The molecule has 2 aromatic carbocycles. The summed E-state index contributed by atoms with van der Waals surface area (Å²) in [5, 5.41) is 8.97. The molecule has 1 amide bonds. The quantitative estimate of drug-likeness (QED) is 0.927. The van der Waals surface area contributed by atoms with E-state index in [2.05, 4.69) is 0 Å². The molecule has 0 aliphatic carbocycles. The number of carboxylic acids is 1. The summed E-state index contributed by atoms with van der Waals surface area (Å²) in [5.41, 5.74) is 2.14. The van der Waals surface area contributed by atoms with Gasteiger partial charge < -0.3 is 14.7 Å². The van der Waals surface area contributed by atoms with Gasteiger partial charge >= 0.3 is 12.1 Å². The third-order valence-electron chi connectivity index (χ3n) is 4.23. The first-order valence-corrected chi connectivity index (χ1v) is 7.96. The van der Waals surface area contributed by atoms with Crippen molar-refractivity contribution >= 4 is 12.1 Å². The van der Waals surface area contributed by atoms with E-state index in [9.17, 15) is 9.59 Å². The number of ether oxygens (including phenoxy) is 1. The Morgan fingerprint density at radius 3 is 2.46 bits per heavy atom. The van der Waals surface area contributed by atoms with Gasteiger partial charge in [-0.3, -0.25) is 0 Å². The smallest absolute Gasteiger partial charge is 0.410 e. The molecule has 124 valence electrons. The minimum absolute atomic E-state index is 0.0591. The highest BCUT2D eigenvalue weighted by Gasteiger charge is 2.31. The molecule has 3 rings (SSSR count). The van der Waals surface area contributed by atoms with E-state index in [4.69, 9.17) is 9.84 Å². The first kappa shape index (κ1) is 16.1. The van der Waals surface area contributed by atoms with Gasteiger partial charge in [0.15, 0.2) is 0 Å². The van der Waals surface area contributed by atoms with Crippen molar-refractivity contribution in [3.8, 4) is 0 Å². The molecule has 1 atom stereocenters. The number of amides is 1. The average molecular weight is 325 g/mol. The number of hydrogen-bond donors (Lipinski definition) is 1. The highest BCUT2D eigenvalue weighted by molar-refractivity contribution is 5.87. The predicted molar refractivity (Wildman–Crippen MR) is 88.7 cm³/mol. The molecule has 5 heteroatoms. The summed E-state index contributed by atoms with van der Waals surface area (Å²) in [6.45, 7) is 0.903. The standard InChI is InChI=1S/C19H19NO4/c21-18(22)16-10-8-15(9-11-16)17-7-4-12-20(17)19(23)24-13-14-5-2-1-3-6-14/h1-3,5-6,8-11,17H,4,7,12-13H2,(H,21,22). The molecule has 24 heavy (non-hydrogen) atoms. The molecule has 1 N–H and O–H groups in total. The lowest BCUT2D eigenvalue weighted by Crippen LogP contribution is -2.31. The van der Waals surface area contributed by atoms with Gasteiger partial charge in [0, 0.05) is 6.54 Å². The molecule has 2 aromatic rings. The molecule has 1 fully saturated rings. The lowest BCUT2D eigenvalue weighted by molar-refractivity contribution is 0.0696. The normalized spacial score (nSPS) is 16.8. The van der Waals surface area contributed by atoms with E-state index >= 15 is 0 Å². The van der Waals surface area contributed by atoms with Crippen LogP contribution in [-0.4, -0.2) is 28.6 Å². The number of carboxylic acid groups (broad SMARTS) is 1. The molecule has 0 aromatic heterocycles. The largest absolute Gasteiger partial charge is 0.478 e. The number of carbonyl (C=O) groups excluding carboxylic acids is 1. The molecule has 0 saturated carbocycles. The topological polar surface area (TPSA) is 66.8 Å². The highest BCUT2D eigenvalue weighted by Crippen LogP contribution is 2.32. The first-order chi connectivity index (χ1) is 11.6. The maximum Gasteiger partial charge on any atom is 0.410 e. The van der Waals surface area contributed by atoms with Gasteiger partial charge in [0.25, 0.3) is 0 Å². The number of rotatable bonds is 4. The molecule has 0 radical (unpaired) electrons. The number of carbonyl (C=O) groups is 2. The van der Waals surface area contributed by atoms with Crippen molar-refractivity contribution in [3.63, 3.8) is 0 Å². The summed E-state index contributed by atoms with van der Waals surface area (Å²) in [6, 6.07) is 16.2. The van der Waals surface area contributed by atoms with E-state index < -0.39 is 5.97 Å². The fourth-order valence-electron chi connectivity index (χ4n) is 2.98. The van der Waals surface area contributed by atoms with E-state index in [1.165, 1.54) is 0 Å². The third kappa shape index (κ3) is 3.56. The minimum Gasteiger partial charge on any atom is -0.478 e. The molecule has 1 aliphatic heterocycles. The molecule has 1 heterocycles. The highest BCUT2D eigenvalue weighted by atomic mass is 16.6. The van der Waals surface area contributed by atoms with Crippen LogP contribution in [0.4, 0.5) is 4.79 Å². The minimum atomic E-state index is -0.952. The second-order valence-corrected chi connectivity index (χ2v) is 5.82. The van der Waals surface area contributed by atoms with Gasteiger partial charge in [-0.1, -0.05) is 42.5 Å². The lowest BCUT2D eigenvalue weighted by atomic mass is 10.0. The molecule has 0 spiro atoms. The molecule has 1 saturated heterocycles. The maximum atomic E-state index is 12.4. The molecule has 1 aliphatic rings. The first-order valence-electron chi connectivity index (χ1n) is 7.96. The van der Waals surface area contributed by atoms with E-state index in [-0.39, 0.29) is 24.3 Å². The molecular formula is C19H19NO4. The van der Waals surface area contributed by atoms with Crippen LogP contribution in [0.1, 0.15) is 40.4 Å². The van der Waals surface area contributed by atoms with Crippen LogP contribution in [0.5, 0.6) is 0 Å². The van der Waals surface area contributed by atoms with Gasteiger partial charge in [-0.05, 0) is 36.1 Å². The van der Waals surface area contributed by atoms with Crippen LogP contribution in [0.25, 0.3) is 0 Å². The van der Waals surface area contributed by atoms with Crippen LogP contribution in [0.2, 0.25) is 0 Å². The Hall–Kier alpha value is -2.82. The summed E-state index contributed by atoms with van der Waals surface area (Å²) in [5.74, 6) is -0.952. The summed E-state index contributed by atoms with van der Waals surface area (Å²) in [6.07, 6.45) is 1.43.